The molecule has 1 aromatic heterocycles. The van der Waals surface area contributed by atoms with Crippen LogP contribution in [0.25, 0.3) is 0 Å². The fourth-order valence-electron chi connectivity index (χ4n) is 3.56. The Balaban J connectivity index is 1.69. The first-order valence-electron chi connectivity index (χ1n) is 7.80. The molecule has 0 radical (unpaired) electrons. The van der Waals surface area contributed by atoms with Crippen LogP contribution in [-0.2, 0) is 10.0 Å². The molecule has 2 aliphatic rings. The summed E-state index contributed by atoms with van der Waals surface area (Å²) in [6, 6.07) is 2.41. The summed E-state index contributed by atoms with van der Waals surface area (Å²) >= 11 is 1.57. The van der Waals surface area contributed by atoms with Gasteiger partial charge in [0.05, 0.1) is 4.90 Å². The number of hydrogen-bond acceptors (Lipinski definition) is 4. The van der Waals surface area contributed by atoms with E-state index in [1.807, 2.05) is 19.9 Å². The highest BCUT2D eigenvalue weighted by Gasteiger charge is 2.33. The summed E-state index contributed by atoms with van der Waals surface area (Å²) in [4.78, 5) is 5.04. The number of sulfonamides is 1. The van der Waals surface area contributed by atoms with Crippen molar-refractivity contribution < 1.29 is 8.42 Å². The predicted octanol–water partition coefficient (Wildman–Crippen LogP) is 2.61. The molecule has 2 aliphatic heterocycles. The zero-order valence-electron chi connectivity index (χ0n) is 12.8. The van der Waals surface area contributed by atoms with E-state index in [9.17, 15) is 8.42 Å². The van der Waals surface area contributed by atoms with Crippen molar-refractivity contribution in [2.24, 2.45) is 0 Å². The van der Waals surface area contributed by atoms with Gasteiger partial charge in [0.2, 0.25) is 10.0 Å². The molecule has 0 spiro atoms. The second-order valence-corrected chi connectivity index (χ2v) is 9.52. The summed E-state index contributed by atoms with van der Waals surface area (Å²) < 4.78 is 27.2. The van der Waals surface area contributed by atoms with E-state index >= 15 is 0 Å². The second kappa shape index (κ2) is 5.99. The third-order valence-corrected chi connectivity index (χ3v) is 7.81. The number of nitrogens with zero attached hydrogens (tertiary/aromatic N) is 2. The Labute approximate surface area is 131 Å². The normalized spacial score (nSPS) is 23.0. The average Bonchev–Trinajstić information content (AvgIpc) is 3.09. The number of rotatable bonds is 3. The lowest BCUT2D eigenvalue weighted by Gasteiger charge is -2.36. The molecule has 0 N–H and O–H groups in total. The molecule has 0 unspecified atom stereocenters. The molecule has 0 atom stereocenters. The fraction of sp³-hybridized carbons (Fsp3) is 0.733. The first kappa shape index (κ1) is 15.5. The maximum atomic E-state index is 12.8. The lowest BCUT2D eigenvalue weighted by Crippen LogP contribution is -2.45. The van der Waals surface area contributed by atoms with Crippen LogP contribution in [0.5, 0.6) is 0 Å². The van der Waals surface area contributed by atoms with Gasteiger partial charge in [-0.3, -0.25) is 0 Å². The lowest BCUT2D eigenvalue weighted by molar-refractivity contribution is 0.168. The van der Waals surface area contributed by atoms with Gasteiger partial charge in [-0.1, -0.05) is 0 Å². The zero-order valence-corrected chi connectivity index (χ0v) is 14.5. The number of likely N-dealkylation sites (tertiary alicyclic amines) is 1. The van der Waals surface area contributed by atoms with Gasteiger partial charge in [-0.25, -0.2) is 8.42 Å². The van der Waals surface area contributed by atoms with Crippen molar-refractivity contribution in [3.8, 4) is 0 Å². The van der Waals surface area contributed by atoms with Gasteiger partial charge in [0.1, 0.15) is 0 Å². The van der Waals surface area contributed by atoms with Crippen molar-refractivity contribution in [3.63, 3.8) is 0 Å². The molecular formula is C15H24N2O2S2. The van der Waals surface area contributed by atoms with E-state index in [0.29, 0.717) is 24.0 Å². The second-order valence-electron chi connectivity index (χ2n) is 6.16. The van der Waals surface area contributed by atoms with Crippen molar-refractivity contribution in [1.82, 2.24) is 9.21 Å². The van der Waals surface area contributed by atoms with Gasteiger partial charge in [0, 0.05) is 28.9 Å². The van der Waals surface area contributed by atoms with E-state index in [1.54, 1.807) is 15.6 Å². The standard InChI is InChI=1S/C15H24N2O2S2/c1-12-11-15(13(2)20-12)21(18,19)17-9-5-14(6-10-17)16-7-3-4-8-16/h11,14H,3-10H2,1-2H3. The zero-order chi connectivity index (χ0) is 15.0. The molecule has 0 aromatic carbocycles. The summed E-state index contributed by atoms with van der Waals surface area (Å²) in [7, 11) is -3.29. The fourth-order valence-corrected chi connectivity index (χ4v) is 6.55. The summed E-state index contributed by atoms with van der Waals surface area (Å²) in [5.41, 5.74) is 0. The van der Waals surface area contributed by atoms with Crippen LogP contribution in [0.1, 0.15) is 35.4 Å². The first-order valence-corrected chi connectivity index (χ1v) is 10.1. The largest absolute Gasteiger partial charge is 0.300 e. The van der Waals surface area contributed by atoms with Crippen LogP contribution < -0.4 is 0 Å². The van der Waals surface area contributed by atoms with Gasteiger partial charge >= 0.3 is 0 Å². The van der Waals surface area contributed by atoms with Gasteiger partial charge in [-0.2, -0.15) is 4.31 Å². The molecule has 0 saturated carbocycles. The molecule has 0 aliphatic carbocycles. The SMILES string of the molecule is Cc1cc(S(=O)(=O)N2CCC(N3CCCC3)CC2)c(C)s1. The molecule has 2 fully saturated rings. The van der Waals surface area contributed by atoms with Gasteiger partial charge in [-0.05, 0) is 58.7 Å². The Morgan fingerprint density at radius 2 is 1.71 bits per heavy atom. The van der Waals surface area contributed by atoms with Crippen molar-refractivity contribution >= 4 is 21.4 Å². The summed E-state index contributed by atoms with van der Waals surface area (Å²) in [6.45, 7) is 7.59. The minimum atomic E-state index is -3.29. The summed E-state index contributed by atoms with van der Waals surface area (Å²) in [5.74, 6) is 0. The molecule has 3 heterocycles. The van der Waals surface area contributed by atoms with E-state index in [0.717, 1.165) is 22.6 Å². The van der Waals surface area contributed by atoms with Crippen LogP contribution in [0.2, 0.25) is 0 Å². The molecule has 21 heavy (non-hydrogen) atoms. The molecule has 6 heteroatoms. The van der Waals surface area contributed by atoms with Crippen molar-refractivity contribution in [1.29, 1.82) is 0 Å². The number of aryl methyl sites for hydroxylation is 2. The monoisotopic (exact) mass is 328 g/mol. The third-order valence-electron chi connectivity index (χ3n) is 4.69. The minimum absolute atomic E-state index is 0.518. The van der Waals surface area contributed by atoms with E-state index < -0.39 is 10.0 Å². The van der Waals surface area contributed by atoms with E-state index in [-0.39, 0.29) is 0 Å². The molecule has 118 valence electrons. The van der Waals surface area contributed by atoms with Crippen molar-refractivity contribution in [3.05, 3.63) is 15.8 Å². The molecule has 2 saturated heterocycles. The molecule has 0 bridgehead atoms. The highest BCUT2D eigenvalue weighted by Crippen LogP contribution is 2.30. The van der Waals surface area contributed by atoms with Gasteiger partial charge in [0.25, 0.3) is 0 Å². The first-order chi connectivity index (χ1) is 9.98. The average molecular weight is 329 g/mol. The van der Waals surface area contributed by atoms with Crippen LogP contribution in [0.4, 0.5) is 0 Å². The predicted molar refractivity (Wildman–Crippen MR) is 86.4 cm³/mol. The van der Waals surface area contributed by atoms with Crippen LogP contribution in [0.3, 0.4) is 0 Å². The Morgan fingerprint density at radius 1 is 1.10 bits per heavy atom. The third kappa shape index (κ3) is 3.04. The Hall–Kier alpha value is -0.430. The number of thiophene rings is 1. The van der Waals surface area contributed by atoms with E-state index in [2.05, 4.69) is 4.90 Å². The van der Waals surface area contributed by atoms with Crippen molar-refractivity contribution in [2.75, 3.05) is 26.2 Å². The maximum absolute atomic E-state index is 12.8. The maximum Gasteiger partial charge on any atom is 0.244 e. The number of piperidine rings is 1. The highest BCUT2D eigenvalue weighted by molar-refractivity contribution is 7.89. The summed E-state index contributed by atoms with van der Waals surface area (Å²) in [6.07, 6.45) is 4.54. The van der Waals surface area contributed by atoms with E-state index in [4.69, 9.17) is 0 Å². The summed E-state index contributed by atoms with van der Waals surface area (Å²) in [5, 5.41) is 0. The van der Waals surface area contributed by atoms with Crippen LogP contribution in [0.15, 0.2) is 11.0 Å². The molecule has 4 nitrogen and oxygen atoms in total. The van der Waals surface area contributed by atoms with Gasteiger partial charge in [0.15, 0.2) is 0 Å². The van der Waals surface area contributed by atoms with Crippen LogP contribution in [-0.4, -0.2) is 49.8 Å². The Bertz CT molecular complexity index is 595. The molecular weight excluding hydrogens is 304 g/mol. The van der Waals surface area contributed by atoms with E-state index in [1.165, 1.54) is 25.9 Å². The van der Waals surface area contributed by atoms with Gasteiger partial charge < -0.3 is 4.90 Å². The Kier molecular flexibility index (Phi) is 4.41. The van der Waals surface area contributed by atoms with Gasteiger partial charge in [-0.15, -0.1) is 11.3 Å². The smallest absolute Gasteiger partial charge is 0.244 e. The molecule has 0 amide bonds. The minimum Gasteiger partial charge on any atom is -0.300 e. The van der Waals surface area contributed by atoms with Crippen molar-refractivity contribution in [2.45, 2.75) is 50.5 Å². The molecule has 3 rings (SSSR count). The van der Waals surface area contributed by atoms with Crippen LogP contribution in [0, 0.1) is 13.8 Å². The lowest BCUT2D eigenvalue weighted by atomic mass is 10.1. The van der Waals surface area contributed by atoms with Crippen LogP contribution >= 0.6 is 11.3 Å². The Morgan fingerprint density at radius 3 is 2.24 bits per heavy atom. The topological polar surface area (TPSA) is 40.6 Å². The number of hydrogen-bond donors (Lipinski definition) is 0. The highest BCUT2D eigenvalue weighted by atomic mass is 32.2. The quantitative estimate of drug-likeness (QED) is 0.856. The molecule has 1 aromatic rings.